The summed E-state index contributed by atoms with van der Waals surface area (Å²) < 4.78 is 6.41. The quantitative estimate of drug-likeness (QED) is 0.413. The van der Waals surface area contributed by atoms with Crippen LogP contribution in [0.5, 0.6) is 0 Å². The Balaban J connectivity index is 0.000000208. The van der Waals surface area contributed by atoms with Crippen molar-refractivity contribution in [3.05, 3.63) is 93.5 Å². The molecule has 1 aromatic heterocycles. The molecule has 0 amide bonds. The Labute approximate surface area is 245 Å². The van der Waals surface area contributed by atoms with E-state index in [1.165, 1.54) is 64.0 Å². The summed E-state index contributed by atoms with van der Waals surface area (Å²) in [6.07, 6.45) is 6.12. The second kappa shape index (κ2) is 11.3. The van der Waals surface area contributed by atoms with Crippen LogP contribution in [0, 0.1) is 6.92 Å². The average molecular weight is 614 g/mol. The molecule has 2 unspecified atom stereocenters. The van der Waals surface area contributed by atoms with Crippen LogP contribution in [-0.2, 0) is 31.1 Å². The largest absolute Gasteiger partial charge is 1.00 e. The summed E-state index contributed by atoms with van der Waals surface area (Å²) in [7, 11) is -1.10. The van der Waals surface area contributed by atoms with Gasteiger partial charge in [-0.3, -0.25) is 0 Å². The van der Waals surface area contributed by atoms with Crippen LogP contribution < -0.4 is 24.8 Å². The SMILES string of the molecule is CC1=C2c3oc(C)cc3C1[Si]2(C)C.CCCCc1ccc(-c2cccc3c2C=C(C)[CH]3[Zr+2])cc1.[Cl-].[Cl-]. The van der Waals surface area contributed by atoms with E-state index in [1.54, 1.807) is 35.5 Å². The third-order valence-corrected chi connectivity index (χ3v) is 14.0. The molecule has 0 saturated carbocycles. The zero-order chi connectivity index (χ0) is 24.2. The molecule has 7 rings (SSSR count). The molecule has 2 aliphatic heterocycles. The van der Waals surface area contributed by atoms with Crippen molar-refractivity contribution in [3.63, 3.8) is 0 Å². The maximum absolute atomic E-state index is 5.76. The Hall–Kier alpha value is -1.12. The fourth-order valence-electron chi connectivity index (χ4n) is 6.33. The van der Waals surface area contributed by atoms with E-state index in [2.05, 4.69) is 88.5 Å². The molecule has 2 aromatic carbocycles. The number of rotatable bonds is 4. The minimum absolute atomic E-state index is 0. The molecule has 36 heavy (non-hydrogen) atoms. The van der Waals surface area contributed by atoms with Gasteiger partial charge in [0.05, 0.1) is 8.07 Å². The maximum Gasteiger partial charge on any atom is -1.00 e. The van der Waals surface area contributed by atoms with Crippen molar-refractivity contribution in [2.75, 3.05) is 0 Å². The van der Waals surface area contributed by atoms with E-state index in [4.69, 9.17) is 4.42 Å². The van der Waals surface area contributed by atoms with Gasteiger partial charge in [0.25, 0.3) is 0 Å². The first-order valence-corrected chi connectivity index (χ1v) is 17.2. The predicted octanol–water partition coefficient (Wildman–Crippen LogP) is 2.97. The zero-order valence-corrected chi connectivity index (χ0v) is 27.1. The van der Waals surface area contributed by atoms with E-state index in [-0.39, 0.29) is 24.8 Å². The molecule has 3 aromatic rings. The summed E-state index contributed by atoms with van der Waals surface area (Å²) in [5, 5.41) is 1.60. The Morgan fingerprint density at radius 2 is 1.64 bits per heavy atom. The van der Waals surface area contributed by atoms with E-state index in [1.807, 2.05) is 6.92 Å². The van der Waals surface area contributed by atoms with Gasteiger partial charge in [-0.05, 0) is 25.1 Å². The smallest absolute Gasteiger partial charge is 1.00 e. The first kappa shape index (κ1) is 29.4. The van der Waals surface area contributed by atoms with Gasteiger partial charge in [0.1, 0.15) is 11.5 Å². The second-order valence-corrected chi connectivity index (χ2v) is 16.7. The van der Waals surface area contributed by atoms with E-state index in [0.717, 1.165) is 11.3 Å². The van der Waals surface area contributed by atoms with Crippen LogP contribution in [0.2, 0.25) is 13.1 Å². The average Bonchev–Trinajstić information content (AvgIpc) is 3.46. The van der Waals surface area contributed by atoms with Crippen LogP contribution >= 0.6 is 0 Å². The third kappa shape index (κ3) is 4.86. The molecule has 2 bridgehead atoms. The summed E-state index contributed by atoms with van der Waals surface area (Å²) in [4.78, 5) is 0. The van der Waals surface area contributed by atoms with Crippen molar-refractivity contribution >= 4 is 19.3 Å². The van der Waals surface area contributed by atoms with Gasteiger partial charge in [-0.2, -0.15) is 0 Å². The molecule has 187 valence electrons. The molecule has 0 N–H and O–H groups in total. The molecule has 0 radical (unpaired) electrons. The fourth-order valence-corrected chi connectivity index (χ4v) is 11.4. The Morgan fingerprint density at radius 1 is 0.944 bits per heavy atom. The molecule has 4 aliphatic rings. The van der Waals surface area contributed by atoms with E-state index >= 15 is 0 Å². The predicted molar refractivity (Wildman–Crippen MR) is 143 cm³/mol. The molecule has 0 saturated heterocycles. The molecular formula is C31H35Cl2OSiZr. The topological polar surface area (TPSA) is 13.1 Å². The number of halogens is 2. The number of allylic oxidation sites excluding steroid dienone is 2. The van der Waals surface area contributed by atoms with Crippen LogP contribution in [0.4, 0.5) is 0 Å². The molecule has 0 fully saturated rings. The normalized spacial score (nSPS) is 19.7. The van der Waals surface area contributed by atoms with Gasteiger partial charge >= 0.3 is 143 Å². The minimum atomic E-state index is -1.10. The van der Waals surface area contributed by atoms with Crippen molar-refractivity contribution in [3.8, 4) is 11.1 Å². The number of hydrogen-bond acceptors (Lipinski definition) is 1. The Morgan fingerprint density at radius 3 is 2.25 bits per heavy atom. The second-order valence-electron chi connectivity index (χ2n) is 10.8. The van der Waals surface area contributed by atoms with Gasteiger partial charge in [0.2, 0.25) is 0 Å². The van der Waals surface area contributed by atoms with Gasteiger partial charge in [-0.25, -0.2) is 0 Å². The summed E-state index contributed by atoms with van der Waals surface area (Å²) >= 11 is 1.59. The standard InChI is InChI=1S/C20H21.C11H14OSi.2ClH.Zr/c1-3-4-6-16-9-11-17(12-10-16)19-8-5-7-18-13-15(2)14-20(18)19;1-6-5-8-9(12-6)11-7(2)10(8)13(11,3)4;;;/h5,7-14H,3-4,6H2,1-2H3;5,10H,1-4H3;2*1H;/q;;;;+2/p-2. The van der Waals surface area contributed by atoms with Gasteiger partial charge in [0.15, 0.2) is 0 Å². The molecule has 2 atom stereocenters. The Bertz CT molecular complexity index is 1320. The number of hydrogen-bond donors (Lipinski definition) is 0. The van der Waals surface area contributed by atoms with E-state index in [9.17, 15) is 0 Å². The van der Waals surface area contributed by atoms with Crippen molar-refractivity contribution in [2.24, 2.45) is 0 Å². The van der Waals surface area contributed by atoms with Crippen LogP contribution in [0.3, 0.4) is 0 Å². The summed E-state index contributed by atoms with van der Waals surface area (Å²) in [6.45, 7) is 13.7. The fraction of sp³-hybridized carbons (Fsp3) is 0.355. The number of unbranched alkanes of at least 4 members (excludes halogenated alkanes) is 1. The number of furan rings is 1. The van der Waals surface area contributed by atoms with Crippen molar-refractivity contribution < 1.29 is 54.0 Å². The van der Waals surface area contributed by atoms with Gasteiger partial charge < -0.3 is 29.2 Å². The van der Waals surface area contributed by atoms with Crippen molar-refractivity contribution in [1.82, 2.24) is 0 Å². The van der Waals surface area contributed by atoms with Crippen molar-refractivity contribution in [1.29, 1.82) is 0 Å². The van der Waals surface area contributed by atoms with Gasteiger partial charge in [-0.15, -0.1) is 0 Å². The zero-order valence-electron chi connectivity index (χ0n) is 22.1. The molecule has 1 nitrogen and oxygen atoms in total. The Kier molecular flexibility index (Phi) is 9.26. The molecule has 5 heteroatoms. The summed E-state index contributed by atoms with van der Waals surface area (Å²) in [5.74, 6) is 2.31. The van der Waals surface area contributed by atoms with Gasteiger partial charge in [-0.1, -0.05) is 18.7 Å². The number of aryl methyl sites for hydroxylation is 2. The first-order valence-electron chi connectivity index (χ1n) is 12.7. The van der Waals surface area contributed by atoms with E-state index in [0.29, 0.717) is 3.63 Å². The number of fused-ring (bicyclic) bond motifs is 1. The van der Waals surface area contributed by atoms with Gasteiger partial charge in [0, 0.05) is 11.1 Å². The minimum Gasteiger partial charge on any atom is -1.00 e. The molecular weight excluding hydrogens is 579 g/mol. The molecule has 2 aliphatic carbocycles. The van der Waals surface area contributed by atoms with Crippen LogP contribution in [0.25, 0.3) is 22.4 Å². The summed E-state index contributed by atoms with van der Waals surface area (Å²) in [5.41, 5.74) is 12.5. The van der Waals surface area contributed by atoms with Crippen molar-refractivity contribution in [2.45, 2.75) is 69.2 Å². The maximum atomic E-state index is 5.76. The van der Waals surface area contributed by atoms with Crippen LogP contribution in [0.15, 0.2) is 64.1 Å². The van der Waals surface area contributed by atoms with Crippen LogP contribution in [-0.4, -0.2) is 8.07 Å². The molecule has 0 spiro atoms. The van der Waals surface area contributed by atoms with Crippen LogP contribution in [0.1, 0.15) is 76.6 Å². The monoisotopic (exact) mass is 611 g/mol. The summed E-state index contributed by atoms with van der Waals surface area (Å²) in [6, 6.07) is 18.2. The van der Waals surface area contributed by atoms with E-state index < -0.39 is 8.07 Å². The molecule has 3 heterocycles. The first-order chi connectivity index (χ1) is 16.2. The number of benzene rings is 2. The third-order valence-electron chi connectivity index (χ3n) is 7.98.